The summed E-state index contributed by atoms with van der Waals surface area (Å²) in [7, 11) is 0. The third-order valence-corrected chi connectivity index (χ3v) is 3.05. The Morgan fingerprint density at radius 2 is 2.17 bits per heavy atom. The fourth-order valence-electron chi connectivity index (χ4n) is 2.04. The highest BCUT2D eigenvalue weighted by atomic mass is 14.9. The van der Waals surface area contributed by atoms with Crippen molar-refractivity contribution in [2.75, 3.05) is 0 Å². The molecule has 2 heteroatoms. The van der Waals surface area contributed by atoms with Gasteiger partial charge < -0.3 is 9.88 Å². The number of nitrogens with zero attached hydrogens (tertiary/aromatic N) is 1. The van der Waals surface area contributed by atoms with E-state index in [1.807, 2.05) is 0 Å². The van der Waals surface area contributed by atoms with Crippen molar-refractivity contribution in [2.45, 2.75) is 39.4 Å². The lowest BCUT2D eigenvalue weighted by molar-refractivity contribution is 0.589. The Morgan fingerprint density at radius 1 is 1.33 bits per heavy atom. The number of benzene rings is 1. The van der Waals surface area contributed by atoms with Crippen molar-refractivity contribution in [3.63, 3.8) is 0 Å². The first kappa shape index (κ1) is 12.7. The summed E-state index contributed by atoms with van der Waals surface area (Å²) in [5.41, 5.74) is 2.59. The van der Waals surface area contributed by atoms with Gasteiger partial charge in [-0.3, -0.25) is 0 Å². The van der Waals surface area contributed by atoms with Crippen molar-refractivity contribution < 1.29 is 0 Å². The third-order valence-electron chi connectivity index (χ3n) is 3.05. The van der Waals surface area contributed by atoms with Crippen LogP contribution in [0.25, 0.3) is 10.9 Å². The van der Waals surface area contributed by atoms with E-state index in [0.29, 0.717) is 6.04 Å². The Balaban J connectivity index is 2.22. The van der Waals surface area contributed by atoms with Gasteiger partial charge in [0.05, 0.1) is 0 Å². The van der Waals surface area contributed by atoms with E-state index in [0.717, 1.165) is 19.5 Å². The lowest BCUT2D eigenvalue weighted by Gasteiger charge is -2.09. The van der Waals surface area contributed by atoms with Crippen LogP contribution in [0.1, 0.15) is 25.8 Å². The molecule has 0 saturated carbocycles. The normalized spacial score (nSPS) is 11.0. The average Bonchev–Trinajstić information content (AvgIpc) is 2.76. The molecule has 0 amide bonds. The van der Waals surface area contributed by atoms with Gasteiger partial charge in [0.1, 0.15) is 0 Å². The largest absolute Gasteiger partial charge is 0.347 e. The number of aryl methyl sites for hydroxylation is 1. The summed E-state index contributed by atoms with van der Waals surface area (Å²) in [6.07, 6.45) is 8.22. The zero-order valence-corrected chi connectivity index (χ0v) is 11.1. The second-order valence-electron chi connectivity index (χ2n) is 4.89. The van der Waals surface area contributed by atoms with Crippen molar-refractivity contribution in [3.05, 3.63) is 36.0 Å². The van der Waals surface area contributed by atoms with Crippen LogP contribution in [-0.4, -0.2) is 10.6 Å². The number of fused-ring (bicyclic) bond motifs is 1. The maximum Gasteiger partial charge on any atom is 0.0483 e. The molecular weight excluding hydrogens is 220 g/mol. The van der Waals surface area contributed by atoms with E-state index in [1.54, 1.807) is 0 Å². The van der Waals surface area contributed by atoms with Crippen molar-refractivity contribution >= 4 is 10.9 Å². The minimum Gasteiger partial charge on any atom is -0.347 e. The minimum atomic E-state index is 0.508. The summed E-state index contributed by atoms with van der Waals surface area (Å²) in [6, 6.07) is 9.27. The maximum absolute atomic E-state index is 5.33. The molecule has 0 aliphatic carbocycles. The molecule has 0 aliphatic rings. The van der Waals surface area contributed by atoms with Crippen LogP contribution in [0.2, 0.25) is 0 Å². The predicted octanol–water partition coefficient (Wildman–Crippen LogP) is 3.16. The monoisotopic (exact) mass is 240 g/mol. The number of rotatable bonds is 5. The molecule has 1 N–H and O–H groups in total. The predicted molar refractivity (Wildman–Crippen MR) is 77.4 cm³/mol. The molecule has 0 aliphatic heterocycles. The van der Waals surface area contributed by atoms with E-state index < -0.39 is 0 Å². The minimum absolute atomic E-state index is 0.508. The van der Waals surface area contributed by atoms with Crippen LogP contribution in [0.5, 0.6) is 0 Å². The van der Waals surface area contributed by atoms with E-state index >= 15 is 0 Å². The lowest BCUT2D eigenvalue weighted by Crippen LogP contribution is -2.21. The molecule has 1 aromatic heterocycles. The molecule has 0 bridgehead atoms. The second kappa shape index (κ2) is 5.75. The van der Waals surface area contributed by atoms with Gasteiger partial charge in [-0.25, -0.2) is 0 Å². The first-order chi connectivity index (χ1) is 8.70. The fraction of sp³-hybridized carbons (Fsp3) is 0.375. The van der Waals surface area contributed by atoms with Gasteiger partial charge in [-0.2, -0.15) is 0 Å². The molecule has 0 fully saturated rings. The number of nitrogens with one attached hydrogen (secondary N) is 1. The summed E-state index contributed by atoms with van der Waals surface area (Å²) in [5.74, 6) is 2.69. The van der Waals surface area contributed by atoms with E-state index in [-0.39, 0.29) is 0 Å². The highest BCUT2D eigenvalue weighted by Gasteiger charge is 2.02. The first-order valence-corrected chi connectivity index (χ1v) is 6.45. The van der Waals surface area contributed by atoms with Gasteiger partial charge in [0, 0.05) is 37.3 Å². The highest BCUT2D eigenvalue weighted by Crippen LogP contribution is 2.18. The smallest absolute Gasteiger partial charge is 0.0483 e. The molecular formula is C16H20N2. The van der Waals surface area contributed by atoms with Gasteiger partial charge in [-0.15, -0.1) is 12.3 Å². The average molecular weight is 240 g/mol. The Bertz CT molecular complexity index is 558. The molecule has 2 nitrogen and oxygen atoms in total. The molecule has 0 saturated heterocycles. The van der Waals surface area contributed by atoms with Crippen LogP contribution >= 0.6 is 0 Å². The number of hydrogen-bond donors (Lipinski definition) is 1. The quantitative estimate of drug-likeness (QED) is 0.794. The number of aromatic nitrogens is 1. The topological polar surface area (TPSA) is 17.0 Å². The van der Waals surface area contributed by atoms with E-state index in [1.165, 1.54) is 16.5 Å². The van der Waals surface area contributed by atoms with Crippen molar-refractivity contribution in [3.8, 4) is 12.3 Å². The SMILES string of the molecule is C#CCCn1ccc2ccc(CNC(C)C)cc21. The standard InChI is InChI=1S/C16H20N2/c1-4-5-9-18-10-8-15-7-6-14(11-16(15)18)12-17-13(2)3/h1,6-8,10-11,13,17H,5,9,12H2,2-3H3. The summed E-state index contributed by atoms with van der Waals surface area (Å²) >= 11 is 0. The lowest BCUT2D eigenvalue weighted by atomic mass is 10.1. The molecule has 2 aromatic rings. The van der Waals surface area contributed by atoms with Crippen LogP contribution in [0.15, 0.2) is 30.5 Å². The van der Waals surface area contributed by atoms with Gasteiger partial charge in [0.15, 0.2) is 0 Å². The molecule has 1 heterocycles. The van der Waals surface area contributed by atoms with Crippen LogP contribution < -0.4 is 5.32 Å². The molecule has 0 spiro atoms. The summed E-state index contributed by atoms with van der Waals surface area (Å²) in [4.78, 5) is 0. The van der Waals surface area contributed by atoms with Crippen LogP contribution in [-0.2, 0) is 13.1 Å². The Hall–Kier alpha value is -1.72. The molecule has 0 atom stereocenters. The van der Waals surface area contributed by atoms with Gasteiger partial charge in [0.2, 0.25) is 0 Å². The first-order valence-electron chi connectivity index (χ1n) is 6.45. The van der Waals surface area contributed by atoms with E-state index in [4.69, 9.17) is 6.42 Å². The summed E-state index contributed by atoms with van der Waals surface area (Å²) < 4.78 is 2.23. The second-order valence-corrected chi connectivity index (χ2v) is 4.89. The fourth-order valence-corrected chi connectivity index (χ4v) is 2.04. The third kappa shape index (κ3) is 2.94. The molecule has 94 valence electrons. The van der Waals surface area contributed by atoms with Gasteiger partial charge in [-0.05, 0) is 23.1 Å². The number of hydrogen-bond acceptors (Lipinski definition) is 1. The van der Waals surface area contributed by atoms with Gasteiger partial charge in [0.25, 0.3) is 0 Å². The molecule has 1 aromatic carbocycles. The van der Waals surface area contributed by atoms with Crippen LogP contribution in [0, 0.1) is 12.3 Å². The number of terminal acetylenes is 1. The summed E-state index contributed by atoms with van der Waals surface area (Å²) in [5, 5.41) is 4.72. The molecule has 2 rings (SSSR count). The van der Waals surface area contributed by atoms with Crippen LogP contribution in [0.3, 0.4) is 0 Å². The van der Waals surface area contributed by atoms with E-state index in [9.17, 15) is 0 Å². The molecule has 0 unspecified atom stereocenters. The van der Waals surface area contributed by atoms with Crippen LogP contribution in [0.4, 0.5) is 0 Å². The van der Waals surface area contributed by atoms with Crippen molar-refractivity contribution in [1.82, 2.24) is 9.88 Å². The Kier molecular flexibility index (Phi) is 4.07. The molecule has 18 heavy (non-hydrogen) atoms. The highest BCUT2D eigenvalue weighted by molar-refractivity contribution is 5.80. The van der Waals surface area contributed by atoms with Crippen molar-refractivity contribution in [2.24, 2.45) is 0 Å². The maximum atomic E-state index is 5.33. The van der Waals surface area contributed by atoms with E-state index in [2.05, 4.69) is 60.1 Å². The Labute approximate surface area is 109 Å². The summed E-state index contributed by atoms with van der Waals surface area (Å²) in [6.45, 7) is 6.12. The zero-order valence-electron chi connectivity index (χ0n) is 11.1. The van der Waals surface area contributed by atoms with Gasteiger partial charge in [-0.1, -0.05) is 26.0 Å². The Morgan fingerprint density at radius 3 is 2.89 bits per heavy atom. The zero-order chi connectivity index (χ0) is 13.0. The molecule has 0 radical (unpaired) electrons. The van der Waals surface area contributed by atoms with Crippen molar-refractivity contribution in [1.29, 1.82) is 0 Å². The van der Waals surface area contributed by atoms with Gasteiger partial charge >= 0.3 is 0 Å².